The Morgan fingerprint density at radius 1 is 1.33 bits per heavy atom. The van der Waals surface area contributed by atoms with E-state index >= 15 is 0 Å². The van der Waals surface area contributed by atoms with Crippen molar-refractivity contribution in [3.8, 4) is 5.75 Å². The SMILES string of the molecule is COc1ccc(CN(C)c2cccc(C(=O)O)n2)cc1C. The van der Waals surface area contributed by atoms with E-state index in [1.807, 2.05) is 31.0 Å². The fourth-order valence-corrected chi connectivity index (χ4v) is 2.15. The van der Waals surface area contributed by atoms with Crippen molar-refractivity contribution < 1.29 is 14.6 Å². The number of methoxy groups -OCH3 is 1. The number of benzene rings is 1. The van der Waals surface area contributed by atoms with Crippen molar-refractivity contribution in [2.45, 2.75) is 13.5 Å². The molecule has 0 amide bonds. The first-order valence-electron chi connectivity index (χ1n) is 6.56. The third-order valence-electron chi connectivity index (χ3n) is 3.22. The lowest BCUT2D eigenvalue weighted by molar-refractivity contribution is 0.0690. The van der Waals surface area contributed by atoms with E-state index in [4.69, 9.17) is 9.84 Å². The van der Waals surface area contributed by atoms with Crippen molar-refractivity contribution in [2.75, 3.05) is 19.1 Å². The van der Waals surface area contributed by atoms with Crippen LogP contribution in [0.4, 0.5) is 5.82 Å². The lowest BCUT2D eigenvalue weighted by Crippen LogP contribution is -2.18. The van der Waals surface area contributed by atoms with Crippen LogP contribution in [0.25, 0.3) is 0 Å². The third-order valence-corrected chi connectivity index (χ3v) is 3.22. The molecule has 1 heterocycles. The summed E-state index contributed by atoms with van der Waals surface area (Å²) in [5.41, 5.74) is 2.22. The number of carboxylic acids is 1. The minimum Gasteiger partial charge on any atom is -0.496 e. The average Bonchev–Trinajstić information content (AvgIpc) is 2.47. The van der Waals surface area contributed by atoms with Crippen molar-refractivity contribution in [2.24, 2.45) is 0 Å². The molecule has 0 aliphatic rings. The molecule has 1 N–H and O–H groups in total. The smallest absolute Gasteiger partial charge is 0.354 e. The number of aromatic nitrogens is 1. The number of carbonyl (C=O) groups is 1. The lowest BCUT2D eigenvalue weighted by Gasteiger charge is -2.19. The van der Waals surface area contributed by atoms with E-state index in [1.165, 1.54) is 6.07 Å². The molecule has 1 aromatic heterocycles. The summed E-state index contributed by atoms with van der Waals surface area (Å²) in [6.45, 7) is 2.63. The van der Waals surface area contributed by atoms with Gasteiger partial charge in [-0.25, -0.2) is 9.78 Å². The van der Waals surface area contributed by atoms with Gasteiger partial charge in [0.2, 0.25) is 0 Å². The number of aromatic carboxylic acids is 1. The van der Waals surface area contributed by atoms with Crippen LogP contribution in [0.15, 0.2) is 36.4 Å². The third kappa shape index (κ3) is 3.51. The van der Waals surface area contributed by atoms with Crippen LogP contribution in [0.5, 0.6) is 5.75 Å². The van der Waals surface area contributed by atoms with E-state index < -0.39 is 5.97 Å². The lowest BCUT2D eigenvalue weighted by atomic mass is 10.1. The standard InChI is InChI=1S/C16H18N2O3/c1-11-9-12(7-8-14(11)21-3)10-18(2)15-6-4-5-13(17-15)16(19)20/h4-9H,10H2,1-3H3,(H,19,20). The predicted molar refractivity (Wildman–Crippen MR) is 81.0 cm³/mol. The maximum absolute atomic E-state index is 11.0. The van der Waals surface area contributed by atoms with Gasteiger partial charge in [-0.2, -0.15) is 0 Å². The molecule has 0 bridgehead atoms. The molecule has 0 aliphatic heterocycles. The molecule has 2 rings (SSSR count). The van der Waals surface area contributed by atoms with E-state index in [0.717, 1.165) is 16.9 Å². The number of nitrogens with zero attached hydrogens (tertiary/aromatic N) is 2. The largest absolute Gasteiger partial charge is 0.496 e. The van der Waals surface area contributed by atoms with Crippen LogP contribution in [0.3, 0.4) is 0 Å². The Morgan fingerprint density at radius 3 is 2.71 bits per heavy atom. The Hall–Kier alpha value is -2.56. The van der Waals surface area contributed by atoms with Gasteiger partial charge < -0.3 is 14.7 Å². The van der Waals surface area contributed by atoms with Crippen LogP contribution in [0, 0.1) is 6.92 Å². The molecule has 0 atom stereocenters. The number of carboxylic acid groups (broad SMARTS) is 1. The summed E-state index contributed by atoms with van der Waals surface area (Å²) in [5.74, 6) is 0.460. The summed E-state index contributed by atoms with van der Waals surface area (Å²) >= 11 is 0. The summed E-state index contributed by atoms with van der Waals surface area (Å²) in [7, 11) is 3.53. The second kappa shape index (κ2) is 6.26. The van der Waals surface area contributed by atoms with E-state index in [2.05, 4.69) is 11.1 Å². The number of aryl methyl sites for hydroxylation is 1. The van der Waals surface area contributed by atoms with Gasteiger partial charge >= 0.3 is 5.97 Å². The van der Waals surface area contributed by atoms with Crippen LogP contribution < -0.4 is 9.64 Å². The minimum atomic E-state index is -1.02. The van der Waals surface area contributed by atoms with Crippen LogP contribution in [0.2, 0.25) is 0 Å². The first-order chi connectivity index (χ1) is 10.0. The van der Waals surface area contributed by atoms with Crippen molar-refractivity contribution in [1.29, 1.82) is 0 Å². The highest BCUT2D eigenvalue weighted by Gasteiger charge is 2.09. The topological polar surface area (TPSA) is 62.7 Å². The first kappa shape index (κ1) is 14.8. The number of hydrogen-bond acceptors (Lipinski definition) is 4. The van der Waals surface area contributed by atoms with Gasteiger partial charge in [0.1, 0.15) is 11.6 Å². The second-order valence-corrected chi connectivity index (χ2v) is 4.85. The van der Waals surface area contributed by atoms with E-state index in [9.17, 15) is 4.79 Å². The van der Waals surface area contributed by atoms with Crippen LogP contribution in [-0.2, 0) is 6.54 Å². The van der Waals surface area contributed by atoms with Gasteiger partial charge in [0.15, 0.2) is 5.69 Å². The second-order valence-electron chi connectivity index (χ2n) is 4.85. The van der Waals surface area contributed by atoms with Gasteiger partial charge in [-0.3, -0.25) is 0 Å². The molecular weight excluding hydrogens is 268 g/mol. The van der Waals surface area contributed by atoms with Crippen molar-refractivity contribution >= 4 is 11.8 Å². The first-order valence-corrected chi connectivity index (χ1v) is 6.56. The van der Waals surface area contributed by atoms with E-state index in [-0.39, 0.29) is 5.69 Å². The Balaban J connectivity index is 2.17. The van der Waals surface area contributed by atoms with Gasteiger partial charge in [-0.05, 0) is 36.2 Å². The molecule has 0 unspecified atom stereocenters. The monoisotopic (exact) mass is 286 g/mol. The normalized spacial score (nSPS) is 10.2. The molecule has 110 valence electrons. The molecule has 5 nitrogen and oxygen atoms in total. The molecular formula is C16H18N2O3. The zero-order valence-corrected chi connectivity index (χ0v) is 12.3. The van der Waals surface area contributed by atoms with Gasteiger partial charge in [-0.1, -0.05) is 18.2 Å². The Labute approximate surface area is 123 Å². The van der Waals surface area contributed by atoms with Gasteiger partial charge in [-0.15, -0.1) is 0 Å². The molecule has 0 radical (unpaired) electrons. The highest BCUT2D eigenvalue weighted by molar-refractivity contribution is 5.85. The van der Waals surface area contributed by atoms with Crippen LogP contribution in [0.1, 0.15) is 21.6 Å². The Morgan fingerprint density at radius 2 is 2.10 bits per heavy atom. The summed E-state index contributed by atoms with van der Waals surface area (Å²) in [6, 6.07) is 10.9. The molecule has 0 saturated carbocycles. The quantitative estimate of drug-likeness (QED) is 0.915. The number of ether oxygens (including phenoxy) is 1. The summed E-state index contributed by atoms with van der Waals surface area (Å²) < 4.78 is 5.24. The summed E-state index contributed by atoms with van der Waals surface area (Å²) in [6.07, 6.45) is 0. The zero-order valence-electron chi connectivity index (χ0n) is 12.3. The summed E-state index contributed by atoms with van der Waals surface area (Å²) in [5, 5.41) is 8.98. The fourth-order valence-electron chi connectivity index (χ4n) is 2.15. The molecule has 5 heteroatoms. The average molecular weight is 286 g/mol. The molecule has 0 fully saturated rings. The Bertz CT molecular complexity index is 656. The molecule has 2 aromatic rings. The number of rotatable bonds is 5. The van der Waals surface area contributed by atoms with E-state index in [0.29, 0.717) is 12.4 Å². The van der Waals surface area contributed by atoms with Crippen LogP contribution in [-0.4, -0.2) is 30.2 Å². The minimum absolute atomic E-state index is 0.0465. The molecule has 0 saturated heterocycles. The molecule has 21 heavy (non-hydrogen) atoms. The van der Waals surface area contributed by atoms with E-state index in [1.54, 1.807) is 19.2 Å². The maximum atomic E-state index is 11.0. The van der Waals surface area contributed by atoms with Crippen molar-refractivity contribution in [1.82, 2.24) is 4.98 Å². The summed E-state index contributed by atoms with van der Waals surface area (Å²) in [4.78, 5) is 17.0. The highest BCUT2D eigenvalue weighted by atomic mass is 16.5. The van der Waals surface area contributed by atoms with Crippen molar-refractivity contribution in [3.63, 3.8) is 0 Å². The van der Waals surface area contributed by atoms with Gasteiger partial charge in [0, 0.05) is 13.6 Å². The van der Waals surface area contributed by atoms with Crippen LogP contribution >= 0.6 is 0 Å². The number of anilines is 1. The zero-order chi connectivity index (χ0) is 15.4. The van der Waals surface area contributed by atoms with Gasteiger partial charge in [0.25, 0.3) is 0 Å². The van der Waals surface area contributed by atoms with Crippen molar-refractivity contribution in [3.05, 3.63) is 53.2 Å². The molecule has 1 aromatic carbocycles. The predicted octanol–water partition coefficient (Wildman–Crippen LogP) is 2.73. The fraction of sp³-hybridized carbons (Fsp3) is 0.250. The maximum Gasteiger partial charge on any atom is 0.354 e. The number of hydrogen-bond donors (Lipinski definition) is 1. The van der Waals surface area contributed by atoms with Gasteiger partial charge in [0.05, 0.1) is 7.11 Å². The molecule has 0 aliphatic carbocycles. The number of pyridine rings is 1. The highest BCUT2D eigenvalue weighted by Crippen LogP contribution is 2.20. The molecule has 0 spiro atoms. The Kier molecular flexibility index (Phi) is 4.42.